The third-order valence-electron chi connectivity index (χ3n) is 4.24. The number of allylic oxidation sites excluding steroid dienone is 4. The molecule has 0 bridgehead atoms. The summed E-state index contributed by atoms with van der Waals surface area (Å²) >= 11 is 0. The number of rotatable bonds is 12. The third kappa shape index (κ3) is 11.9. The average molecular weight is 469 g/mol. The minimum absolute atomic E-state index is 0.190. The molecule has 7 heteroatoms. The highest BCUT2D eigenvalue weighted by molar-refractivity contribution is 5.73. The van der Waals surface area contributed by atoms with E-state index in [-0.39, 0.29) is 6.10 Å². The highest BCUT2D eigenvalue weighted by Gasteiger charge is 2.14. The van der Waals surface area contributed by atoms with Gasteiger partial charge in [0, 0.05) is 24.4 Å². The Balaban J connectivity index is 0.00000529. The van der Waals surface area contributed by atoms with Crippen molar-refractivity contribution < 1.29 is 14.2 Å². The van der Waals surface area contributed by atoms with Crippen LogP contribution in [-0.4, -0.2) is 18.0 Å². The van der Waals surface area contributed by atoms with Crippen LogP contribution in [0.1, 0.15) is 85.1 Å². The lowest BCUT2D eigenvalue weighted by atomic mass is 10.1. The number of pyridine rings is 1. The Morgan fingerprint density at radius 2 is 1.91 bits per heavy atom. The van der Waals surface area contributed by atoms with Crippen molar-refractivity contribution in [2.24, 2.45) is 4.99 Å². The summed E-state index contributed by atoms with van der Waals surface area (Å²) in [4.78, 5) is 8.38. The summed E-state index contributed by atoms with van der Waals surface area (Å²) in [5.74, 6) is 1.60. The van der Waals surface area contributed by atoms with E-state index in [1.165, 1.54) is 0 Å². The van der Waals surface area contributed by atoms with Crippen molar-refractivity contribution >= 4 is 5.90 Å². The summed E-state index contributed by atoms with van der Waals surface area (Å²) in [5.41, 5.74) is 2.14. The van der Waals surface area contributed by atoms with E-state index in [9.17, 15) is 0 Å². The van der Waals surface area contributed by atoms with E-state index >= 15 is 0 Å². The van der Waals surface area contributed by atoms with E-state index in [0.717, 1.165) is 30.5 Å². The molecule has 0 aliphatic rings. The van der Waals surface area contributed by atoms with Crippen LogP contribution in [-0.2, 0) is 14.2 Å². The molecule has 34 heavy (non-hydrogen) atoms. The van der Waals surface area contributed by atoms with Crippen LogP contribution in [0.15, 0.2) is 71.4 Å². The van der Waals surface area contributed by atoms with Crippen LogP contribution in [0.25, 0.3) is 0 Å². The zero-order valence-electron chi connectivity index (χ0n) is 21.9. The van der Waals surface area contributed by atoms with Crippen molar-refractivity contribution in [3.8, 4) is 6.07 Å². The van der Waals surface area contributed by atoms with Crippen LogP contribution in [0.5, 0.6) is 0 Å². The average Bonchev–Trinajstić information content (AvgIpc) is 2.87. The van der Waals surface area contributed by atoms with Crippen LogP contribution >= 0.6 is 0 Å². The van der Waals surface area contributed by atoms with Crippen LogP contribution in [0, 0.1) is 11.3 Å². The van der Waals surface area contributed by atoms with Gasteiger partial charge >= 0.3 is 0 Å². The van der Waals surface area contributed by atoms with E-state index in [4.69, 9.17) is 19.5 Å². The first kappa shape index (κ1) is 30.5. The van der Waals surface area contributed by atoms with Gasteiger partial charge in [0.25, 0.3) is 0 Å². The van der Waals surface area contributed by atoms with Crippen molar-refractivity contribution in [3.63, 3.8) is 0 Å². The standard InChI is InChI=1S/C25H34N4O3.C2H6/c1-7-11-21(15-16-31-24(10-4)28-19(5)30-6)29-25(12-8-2)32-23(9-3)20-13-14-22(17-26)27-18-20;1-2/h10-16,18,23,29H,7-9H2,1-6H3;1-2H3/b16-15+,21-11-,24-10+,25-12+,28-19+;. The molecule has 0 amide bonds. The van der Waals surface area contributed by atoms with Crippen LogP contribution in [0.2, 0.25) is 0 Å². The van der Waals surface area contributed by atoms with Crippen molar-refractivity contribution in [2.75, 3.05) is 7.11 Å². The second-order valence-corrected chi connectivity index (χ2v) is 6.66. The molecule has 1 N–H and O–H groups in total. The molecule has 7 nitrogen and oxygen atoms in total. The molecule has 1 atom stereocenters. The maximum absolute atomic E-state index is 8.96. The number of methoxy groups -OCH3 is 1. The van der Waals surface area contributed by atoms with E-state index in [1.54, 1.807) is 38.6 Å². The van der Waals surface area contributed by atoms with Gasteiger partial charge in [-0.05, 0) is 50.5 Å². The Bertz CT molecular complexity index is 891. The number of nitriles is 1. The molecule has 0 spiro atoms. The van der Waals surface area contributed by atoms with Gasteiger partial charge in [-0.3, -0.25) is 0 Å². The summed E-state index contributed by atoms with van der Waals surface area (Å²) in [5, 5.41) is 12.3. The highest BCUT2D eigenvalue weighted by atomic mass is 16.5. The Hall–Kier alpha value is -3.53. The summed E-state index contributed by atoms with van der Waals surface area (Å²) in [6.07, 6.45) is 13.1. The fourth-order valence-corrected chi connectivity index (χ4v) is 2.58. The topological polar surface area (TPSA) is 88.8 Å². The molecular weight excluding hydrogens is 428 g/mol. The smallest absolute Gasteiger partial charge is 0.216 e. The fraction of sp³-hybridized carbons (Fsp3) is 0.444. The van der Waals surface area contributed by atoms with Crippen LogP contribution in [0.4, 0.5) is 0 Å². The quantitative estimate of drug-likeness (QED) is 0.153. The minimum Gasteiger partial charge on any atom is -0.484 e. The lowest BCUT2D eigenvalue weighted by molar-refractivity contribution is 0.101. The number of hydrogen-bond donors (Lipinski definition) is 1. The van der Waals surface area contributed by atoms with Gasteiger partial charge in [-0.25, -0.2) is 4.98 Å². The lowest BCUT2D eigenvalue weighted by Crippen LogP contribution is -2.17. The van der Waals surface area contributed by atoms with Gasteiger partial charge in [-0.15, -0.1) is 0 Å². The molecule has 0 fully saturated rings. The third-order valence-corrected chi connectivity index (χ3v) is 4.24. The largest absolute Gasteiger partial charge is 0.484 e. The lowest BCUT2D eigenvalue weighted by Gasteiger charge is -2.21. The Morgan fingerprint density at radius 3 is 2.41 bits per heavy atom. The molecule has 1 aromatic rings. The molecule has 0 radical (unpaired) electrons. The van der Waals surface area contributed by atoms with Crippen molar-refractivity contribution in [1.29, 1.82) is 5.26 Å². The first-order valence-electron chi connectivity index (χ1n) is 11.8. The molecule has 1 rings (SSSR count). The van der Waals surface area contributed by atoms with Crippen molar-refractivity contribution in [1.82, 2.24) is 10.3 Å². The molecular formula is C27H40N4O3. The van der Waals surface area contributed by atoms with Gasteiger partial charge < -0.3 is 19.5 Å². The molecule has 0 saturated carbocycles. The molecule has 0 aliphatic carbocycles. The molecule has 0 aliphatic heterocycles. The molecule has 1 heterocycles. The number of ether oxygens (including phenoxy) is 3. The van der Waals surface area contributed by atoms with Crippen molar-refractivity contribution in [3.05, 3.63) is 77.6 Å². The minimum atomic E-state index is -0.190. The Labute approximate surface area is 205 Å². The molecule has 0 saturated heterocycles. The Kier molecular flexibility index (Phi) is 17.0. The number of nitrogens with zero attached hydrogens (tertiary/aromatic N) is 3. The monoisotopic (exact) mass is 468 g/mol. The fourth-order valence-electron chi connectivity index (χ4n) is 2.58. The van der Waals surface area contributed by atoms with Gasteiger partial charge in [0.2, 0.25) is 5.88 Å². The predicted molar refractivity (Wildman–Crippen MR) is 138 cm³/mol. The first-order chi connectivity index (χ1) is 16.5. The van der Waals surface area contributed by atoms with Gasteiger partial charge in [0.15, 0.2) is 11.8 Å². The zero-order chi connectivity index (χ0) is 25.8. The summed E-state index contributed by atoms with van der Waals surface area (Å²) in [6.45, 7) is 13.8. The van der Waals surface area contributed by atoms with Crippen molar-refractivity contribution in [2.45, 2.75) is 73.8 Å². The zero-order valence-corrected chi connectivity index (χ0v) is 21.9. The van der Waals surface area contributed by atoms with E-state index in [0.29, 0.717) is 23.4 Å². The van der Waals surface area contributed by atoms with E-state index in [1.807, 2.05) is 65.0 Å². The van der Waals surface area contributed by atoms with Crippen LogP contribution < -0.4 is 5.32 Å². The summed E-state index contributed by atoms with van der Waals surface area (Å²) in [7, 11) is 1.56. The van der Waals surface area contributed by atoms with Gasteiger partial charge in [0.1, 0.15) is 17.9 Å². The van der Waals surface area contributed by atoms with Gasteiger partial charge in [-0.2, -0.15) is 10.3 Å². The summed E-state index contributed by atoms with van der Waals surface area (Å²) < 4.78 is 16.9. The second-order valence-electron chi connectivity index (χ2n) is 6.66. The molecule has 1 unspecified atom stereocenters. The molecule has 0 aromatic carbocycles. The SMILES string of the molecule is C/C=C(\N=C(/C)OC)O/C=C/C(=C/CC)N/C(=C\CC)OC(CC)c1ccc(C#N)nc1.CC. The molecule has 186 valence electrons. The van der Waals surface area contributed by atoms with Crippen LogP contribution in [0.3, 0.4) is 0 Å². The molecule has 1 aromatic heterocycles. The van der Waals surface area contributed by atoms with E-state index < -0.39 is 0 Å². The maximum atomic E-state index is 8.96. The summed E-state index contributed by atoms with van der Waals surface area (Å²) in [6, 6.07) is 5.61. The normalized spacial score (nSPS) is 13.5. The predicted octanol–water partition coefficient (Wildman–Crippen LogP) is 7.04. The number of aliphatic imine (C=N–C) groups is 1. The number of aromatic nitrogens is 1. The Morgan fingerprint density at radius 1 is 1.21 bits per heavy atom. The maximum Gasteiger partial charge on any atom is 0.216 e. The first-order valence-corrected chi connectivity index (χ1v) is 11.8. The van der Waals surface area contributed by atoms with E-state index in [2.05, 4.69) is 22.2 Å². The second kappa shape index (κ2) is 19.0. The number of hydrogen-bond acceptors (Lipinski definition) is 7. The van der Waals surface area contributed by atoms with Gasteiger partial charge in [0.05, 0.1) is 13.4 Å². The van der Waals surface area contributed by atoms with Gasteiger partial charge in [-0.1, -0.05) is 46.8 Å². The highest BCUT2D eigenvalue weighted by Crippen LogP contribution is 2.23. The number of nitrogens with one attached hydrogen (secondary N) is 1.